The van der Waals surface area contributed by atoms with Crippen LogP contribution in [0.2, 0.25) is 0 Å². The maximum atomic E-state index is 12.1. The largest absolute Gasteiger partial charge is 0.820 e. The Labute approximate surface area is 124 Å². The number of ether oxygens (including phenoxy) is 1. The number of nitrogens with zero attached hydrogens (tertiary/aromatic N) is 2. The molecule has 5 N–H and O–H groups in total. The lowest BCUT2D eigenvalue weighted by Crippen LogP contribution is -2.58. The first-order valence-electron chi connectivity index (χ1n) is 6.25. The van der Waals surface area contributed by atoms with Gasteiger partial charge in [-0.15, -0.1) is 0 Å². The first-order valence-corrected chi connectivity index (χ1v) is 7.78. The molecule has 0 spiro atoms. The Kier molecular flexibility index (Phi) is 4.97. The topological polar surface area (TPSA) is 171 Å². The predicted molar refractivity (Wildman–Crippen MR) is 67.8 cm³/mol. The lowest BCUT2D eigenvalue weighted by molar-refractivity contribution is -0.776. The van der Waals surface area contributed by atoms with Crippen LogP contribution >= 0.6 is 7.82 Å². The Hall–Kier alpha value is -1.33. The monoisotopic (exact) mass is 337 g/mol. The average molecular weight is 337 g/mol. The number of rotatable bonds is 5. The molecule has 1 aliphatic rings. The van der Waals surface area contributed by atoms with E-state index in [-0.39, 0.29) is 12.2 Å². The van der Waals surface area contributed by atoms with Crippen LogP contribution in [-0.2, 0) is 20.6 Å². The molecule has 0 radical (unpaired) electrons. The Morgan fingerprint density at radius 3 is 2.86 bits per heavy atom. The first kappa shape index (κ1) is 17.0. The van der Waals surface area contributed by atoms with Crippen molar-refractivity contribution in [2.75, 3.05) is 12.3 Å². The average Bonchev–Trinajstić information content (AvgIpc) is 2.77. The molecule has 1 fully saturated rings. The molecule has 22 heavy (non-hydrogen) atoms. The number of aliphatic hydroxyl groups is 1. The fraction of sp³-hybridized carbons (Fsp3) is 0.600. The zero-order valence-electron chi connectivity index (χ0n) is 11.3. The Morgan fingerprint density at radius 2 is 2.27 bits per heavy atom. The summed E-state index contributed by atoms with van der Waals surface area (Å²) < 4.78 is 22.2. The van der Waals surface area contributed by atoms with Gasteiger partial charge in [-0.3, -0.25) is 4.52 Å². The minimum Gasteiger partial charge on any atom is -0.820 e. The third-order valence-electron chi connectivity index (χ3n) is 3.22. The number of nitrogen functional groups attached to an aromatic ring is 1. The summed E-state index contributed by atoms with van der Waals surface area (Å²) in [7, 11) is -4.69. The summed E-state index contributed by atoms with van der Waals surface area (Å²) in [4.78, 5) is 29.3. The molecule has 2 heterocycles. The highest BCUT2D eigenvalue weighted by Gasteiger charge is 2.39. The molecule has 1 saturated heterocycles. The molecule has 0 amide bonds. The van der Waals surface area contributed by atoms with Crippen molar-refractivity contribution in [2.24, 2.45) is 0 Å². The van der Waals surface area contributed by atoms with Gasteiger partial charge in [-0.2, -0.15) is 13.9 Å². The number of hydrogen-bond donors (Lipinski definition) is 4. The zero-order valence-corrected chi connectivity index (χ0v) is 12.2. The van der Waals surface area contributed by atoms with Crippen molar-refractivity contribution in [1.82, 2.24) is 4.57 Å². The molecule has 1 aromatic heterocycles. The molecule has 3 atom stereocenters. The summed E-state index contributed by atoms with van der Waals surface area (Å²) in [5.74, 6) is -0.00354. The summed E-state index contributed by atoms with van der Waals surface area (Å²) in [6.45, 7) is -1.40. The van der Waals surface area contributed by atoms with Crippen LogP contribution in [0.25, 0.3) is 0 Å². The highest BCUT2D eigenvalue weighted by molar-refractivity contribution is 7.46. The molecular formula is C10H16N3O8P. The molecule has 0 aliphatic carbocycles. The second kappa shape index (κ2) is 6.42. The normalized spacial score (nSPS) is 25.5. The van der Waals surface area contributed by atoms with Crippen LogP contribution in [0.3, 0.4) is 0 Å². The van der Waals surface area contributed by atoms with Crippen molar-refractivity contribution < 1.29 is 38.4 Å². The SMILES string of the molecule is Nc1cc[n+]([C@H]2C[C@H](O)[C@@H](COP(=O)(O)O)O2)c(=O)n1C[O-]. The van der Waals surface area contributed by atoms with Crippen molar-refractivity contribution in [3.05, 3.63) is 22.7 Å². The van der Waals surface area contributed by atoms with Gasteiger partial charge < -0.3 is 30.5 Å². The van der Waals surface area contributed by atoms with Crippen LogP contribution in [0, 0.1) is 0 Å². The number of hydrogen-bond acceptors (Lipinski definition) is 7. The standard InChI is InChI=1S/C10H15N3O8P/c11-8-1-2-12(10(16)13(8)5-14)9-3-6(15)7(21-9)4-20-22(17,18)19/h1-2,6-7,9,11,15H,3-5H2,(H2,17,18,19)/q-1/p+1/t6-,7+,9+/m0/s1. The Bertz CT molecular complexity index is 644. The van der Waals surface area contributed by atoms with E-state index < -0.39 is 45.3 Å². The van der Waals surface area contributed by atoms with Crippen LogP contribution in [0.15, 0.2) is 17.1 Å². The lowest BCUT2D eigenvalue weighted by Gasteiger charge is -2.15. The van der Waals surface area contributed by atoms with Gasteiger partial charge in [0.1, 0.15) is 12.3 Å². The van der Waals surface area contributed by atoms with Crippen molar-refractivity contribution in [1.29, 1.82) is 0 Å². The predicted octanol–water partition coefficient (Wildman–Crippen LogP) is -3.21. The van der Waals surface area contributed by atoms with Gasteiger partial charge in [-0.1, -0.05) is 0 Å². The summed E-state index contributed by atoms with van der Waals surface area (Å²) in [5.41, 5.74) is 4.80. The molecular weight excluding hydrogens is 321 g/mol. The van der Waals surface area contributed by atoms with Gasteiger partial charge in [0.15, 0.2) is 5.82 Å². The minimum absolute atomic E-state index is 0.00212. The van der Waals surface area contributed by atoms with E-state index in [4.69, 9.17) is 20.3 Å². The number of phosphoric acid groups is 1. The summed E-state index contributed by atoms with van der Waals surface area (Å²) >= 11 is 0. The first-order chi connectivity index (χ1) is 10.2. The fourth-order valence-electron chi connectivity index (χ4n) is 2.12. The van der Waals surface area contributed by atoms with Gasteiger partial charge in [-0.05, 0) is 0 Å². The molecule has 0 aromatic carbocycles. The molecule has 1 aromatic rings. The summed E-state index contributed by atoms with van der Waals surface area (Å²) in [6, 6.07) is 1.34. The van der Waals surface area contributed by atoms with Crippen molar-refractivity contribution in [2.45, 2.75) is 31.6 Å². The van der Waals surface area contributed by atoms with Crippen LogP contribution in [0.4, 0.5) is 5.82 Å². The number of nitrogens with two attached hydrogens (primary N) is 1. The van der Waals surface area contributed by atoms with Gasteiger partial charge in [0.2, 0.25) is 6.23 Å². The number of aromatic nitrogens is 2. The van der Waals surface area contributed by atoms with Crippen LogP contribution < -0.4 is 21.1 Å². The fourth-order valence-corrected chi connectivity index (χ4v) is 2.46. The second-order valence-electron chi connectivity index (χ2n) is 4.71. The minimum atomic E-state index is -4.69. The molecule has 0 saturated carbocycles. The van der Waals surface area contributed by atoms with E-state index in [1.165, 1.54) is 12.3 Å². The van der Waals surface area contributed by atoms with Gasteiger partial charge in [0, 0.05) is 19.2 Å². The molecule has 11 nitrogen and oxygen atoms in total. The Balaban J connectivity index is 2.16. The van der Waals surface area contributed by atoms with Crippen LogP contribution in [0.1, 0.15) is 12.6 Å². The highest BCUT2D eigenvalue weighted by atomic mass is 31.2. The van der Waals surface area contributed by atoms with E-state index in [9.17, 15) is 19.6 Å². The molecule has 12 heteroatoms. The van der Waals surface area contributed by atoms with E-state index >= 15 is 0 Å². The van der Waals surface area contributed by atoms with Gasteiger partial charge in [-0.25, -0.2) is 4.57 Å². The van der Waals surface area contributed by atoms with Crippen molar-refractivity contribution in [3.63, 3.8) is 0 Å². The Morgan fingerprint density at radius 1 is 1.59 bits per heavy atom. The summed E-state index contributed by atoms with van der Waals surface area (Å²) in [5, 5.41) is 20.8. The molecule has 0 unspecified atom stereocenters. The summed E-state index contributed by atoms with van der Waals surface area (Å²) in [6.07, 6.45) is -1.68. The van der Waals surface area contributed by atoms with Crippen LogP contribution in [0.5, 0.6) is 0 Å². The third-order valence-corrected chi connectivity index (χ3v) is 3.71. The smallest absolute Gasteiger partial charge is 0.500 e. The van der Waals surface area contributed by atoms with Crippen LogP contribution in [-0.4, -0.2) is 38.3 Å². The molecule has 0 bridgehead atoms. The third kappa shape index (κ3) is 3.70. The number of aliphatic hydroxyl groups excluding tert-OH is 1. The van der Waals surface area contributed by atoms with Gasteiger partial charge in [0.05, 0.1) is 12.7 Å². The van der Waals surface area contributed by atoms with Crippen molar-refractivity contribution in [3.8, 4) is 0 Å². The molecule has 2 rings (SSSR count). The maximum Gasteiger partial charge on any atom is 0.500 e. The number of anilines is 1. The van der Waals surface area contributed by atoms with Gasteiger partial charge >= 0.3 is 13.5 Å². The van der Waals surface area contributed by atoms with E-state index in [0.29, 0.717) is 0 Å². The number of phosphoric ester groups is 1. The maximum absolute atomic E-state index is 12.1. The zero-order chi connectivity index (χ0) is 16.5. The highest BCUT2D eigenvalue weighted by Crippen LogP contribution is 2.37. The molecule has 124 valence electrons. The van der Waals surface area contributed by atoms with E-state index in [0.717, 1.165) is 9.13 Å². The molecule has 1 aliphatic heterocycles. The van der Waals surface area contributed by atoms with E-state index in [2.05, 4.69) is 4.52 Å². The van der Waals surface area contributed by atoms with E-state index in [1.807, 2.05) is 0 Å². The lowest BCUT2D eigenvalue weighted by atomic mass is 10.2. The van der Waals surface area contributed by atoms with E-state index in [1.54, 1.807) is 0 Å². The second-order valence-corrected chi connectivity index (χ2v) is 5.95. The van der Waals surface area contributed by atoms with Gasteiger partial charge in [0.25, 0.3) is 0 Å². The van der Waals surface area contributed by atoms with Crippen molar-refractivity contribution >= 4 is 13.6 Å². The quantitative estimate of drug-likeness (QED) is 0.319.